The van der Waals surface area contributed by atoms with Crippen molar-refractivity contribution in [3.8, 4) is 5.75 Å². The second kappa shape index (κ2) is 7.97. The molecule has 1 aliphatic heterocycles. The van der Waals surface area contributed by atoms with Crippen LogP contribution >= 0.6 is 23.2 Å². The Kier molecular flexibility index (Phi) is 5.68. The molecular weight excluding hydrogens is 381 g/mol. The molecule has 3 rings (SSSR count). The molecule has 1 fully saturated rings. The number of ether oxygens (including phenoxy) is 1. The standard InChI is InChI=1S/C17H17Cl2N3O4/c18-12-1-2-15(14(19)7-12)26-10-16(23)21-5-3-13(4-6-21)22-9-11(8-20-22)17(24)25/h1-2,7-9,13H,3-6,10H2,(H,24,25). The van der Waals surface area contributed by atoms with Crippen LogP contribution in [0.3, 0.4) is 0 Å². The number of hydrogen-bond donors (Lipinski definition) is 1. The number of carboxylic acids is 1. The number of benzene rings is 1. The Labute approximate surface area is 160 Å². The number of carbonyl (C=O) groups excluding carboxylic acids is 1. The number of amides is 1. The second-order valence-corrected chi connectivity index (χ2v) is 6.83. The Bertz CT molecular complexity index is 816. The fourth-order valence-electron chi connectivity index (χ4n) is 2.85. The van der Waals surface area contributed by atoms with E-state index in [0.29, 0.717) is 41.7 Å². The number of nitrogens with zero attached hydrogens (tertiary/aromatic N) is 3. The van der Waals surface area contributed by atoms with Crippen LogP contribution in [-0.4, -0.2) is 51.4 Å². The summed E-state index contributed by atoms with van der Waals surface area (Å²) in [4.78, 5) is 25.0. The van der Waals surface area contributed by atoms with Gasteiger partial charge in [-0.3, -0.25) is 9.48 Å². The van der Waals surface area contributed by atoms with Crippen LogP contribution in [0.4, 0.5) is 0 Å². The van der Waals surface area contributed by atoms with E-state index < -0.39 is 5.97 Å². The van der Waals surface area contributed by atoms with Gasteiger partial charge >= 0.3 is 5.97 Å². The normalized spacial score (nSPS) is 15.1. The smallest absolute Gasteiger partial charge is 0.338 e. The summed E-state index contributed by atoms with van der Waals surface area (Å²) in [6, 6.07) is 4.92. The lowest BCUT2D eigenvalue weighted by molar-refractivity contribution is -0.134. The average Bonchev–Trinajstić information content (AvgIpc) is 3.11. The van der Waals surface area contributed by atoms with Crippen LogP contribution in [0.1, 0.15) is 29.2 Å². The van der Waals surface area contributed by atoms with Crippen molar-refractivity contribution in [2.45, 2.75) is 18.9 Å². The summed E-state index contributed by atoms with van der Waals surface area (Å²) in [6.45, 7) is 1.02. The summed E-state index contributed by atoms with van der Waals surface area (Å²) in [6.07, 6.45) is 4.27. The number of halogens is 2. The Balaban J connectivity index is 1.50. The molecule has 0 unspecified atom stereocenters. The van der Waals surface area contributed by atoms with Crippen LogP contribution in [-0.2, 0) is 4.79 Å². The molecule has 1 amide bonds. The van der Waals surface area contributed by atoms with E-state index in [0.717, 1.165) is 0 Å². The summed E-state index contributed by atoms with van der Waals surface area (Å²) >= 11 is 11.9. The predicted molar refractivity (Wildman–Crippen MR) is 96.0 cm³/mol. The summed E-state index contributed by atoms with van der Waals surface area (Å²) in [5, 5.41) is 13.9. The van der Waals surface area contributed by atoms with Gasteiger partial charge in [0.2, 0.25) is 0 Å². The monoisotopic (exact) mass is 397 g/mol. The molecule has 1 aliphatic rings. The van der Waals surface area contributed by atoms with E-state index in [1.54, 1.807) is 27.8 Å². The van der Waals surface area contributed by atoms with Gasteiger partial charge in [0.25, 0.3) is 5.91 Å². The highest BCUT2D eigenvalue weighted by Gasteiger charge is 2.25. The van der Waals surface area contributed by atoms with Crippen molar-refractivity contribution in [1.29, 1.82) is 0 Å². The molecule has 0 spiro atoms. The Morgan fingerprint density at radius 3 is 2.62 bits per heavy atom. The van der Waals surface area contributed by atoms with Gasteiger partial charge < -0.3 is 14.7 Å². The Hall–Kier alpha value is -2.25. The third kappa shape index (κ3) is 4.28. The lowest BCUT2D eigenvalue weighted by Gasteiger charge is -2.32. The maximum Gasteiger partial charge on any atom is 0.338 e. The van der Waals surface area contributed by atoms with Crippen molar-refractivity contribution in [3.63, 3.8) is 0 Å². The van der Waals surface area contributed by atoms with Gasteiger partial charge in [-0.15, -0.1) is 0 Å². The highest BCUT2D eigenvalue weighted by molar-refractivity contribution is 6.35. The molecule has 1 aromatic heterocycles. The third-order valence-electron chi connectivity index (χ3n) is 4.28. The average molecular weight is 398 g/mol. The first-order chi connectivity index (χ1) is 12.4. The zero-order valence-corrected chi connectivity index (χ0v) is 15.3. The minimum absolute atomic E-state index is 0.0822. The zero-order valence-electron chi connectivity index (χ0n) is 13.8. The van der Waals surface area contributed by atoms with Crippen LogP contribution in [0.5, 0.6) is 5.75 Å². The molecular formula is C17H17Cl2N3O4. The van der Waals surface area contributed by atoms with Gasteiger partial charge in [-0.25, -0.2) is 4.79 Å². The number of aromatic carboxylic acids is 1. The highest BCUT2D eigenvalue weighted by atomic mass is 35.5. The minimum Gasteiger partial charge on any atom is -0.482 e. The third-order valence-corrected chi connectivity index (χ3v) is 4.82. The van der Waals surface area contributed by atoms with E-state index in [2.05, 4.69) is 5.10 Å². The molecule has 2 heterocycles. The van der Waals surface area contributed by atoms with E-state index in [4.69, 9.17) is 33.0 Å². The van der Waals surface area contributed by atoms with E-state index in [9.17, 15) is 9.59 Å². The fourth-order valence-corrected chi connectivity index (χ4v) is 3.31. The van der Waals surface area contributed by atoms with Gasteiger partial charge in [0.05, 0.1) is 22.8 Å². The molecule has 1 aromatic carbocycles. The SMILES string of the molecule is O=C(O)c1cnn(C2CCN(C(=O)COc3ccc(Cl)cc3Cl)CC2)c1. The van der Waals surface area contributed by atoms with Crippen molar-refractivity contribution in [1.82, 2.24) is 14.7 Å². The molecule has 7 nitrogen and oxygen atoms in total. The quantitative estimate of drug-likeness (QED) is 0.837. The topological polar surface area (TPSA) is 84.7 Å². The highest BCUT2D eigenvalue weighted by Crippen LogP contribution is 2.28. The van der Waals surface area contributed by atoms with E-state index in [1.807, 2.05) is 0 Å². The van der Waals surface area contributed by atoms with Crippen LogP contribution in [0, 0.1) is 0 Å². The lowest BCUT2D eigenvalue weighted by atomic mass is 10.1. The van der Waals surface area contributed by atoms with Gasteiger partial charge in [0.1, 0.15) is 5.75 Å². The Morgan fingerprint density at radius 2 is 2.00 bits per heavy atom. The van der Waals surface area contributed by atoms with Crippen molar-refractivity contribution < 1.29 is 19.4 Å². The molecule has 0 aliphatic carbocycles. The van der Waals surface area contributed by atoms with Gasteiger partial charge in [-0.2, -0.15) is 5.10 Å². The maximum atomic E-state index is 12.3. The van der Waals surface area contributed by atoms with Crippen LogP contribution in [0.15, 0.2) is 30.6 Å². The molecule has 2 aromatic rings. The first-order valence-corrected chi connectivity index (χ1v) is 8.82. The molecule has 138 valence electrons. The summed E-state index contributed by atoms with van der Waals surface area (Å²) in [5.74, 6) is -0.708. The van der Waals surface area contributed by atoms with Crippen molar-refractivity contribution in [2.75, 3.05) is 19.7 Å². The van der Waals surface area contributed by atoms with Gasteiger partial charge in [-0.1, -0.05) is 23.2 Å². The van der Waals surface area contributed by atoms with Crippen molar-refractivity contribution in [2.24, 2.45) is 0 Å². The molecule has 0 saturated carbocycles. The molecule has 9 heteroatoms. The van der Waals surface area contributed by atoms with Gasteiger partial charge in [0, 0.05) is 24.3 Å². The number of piperidine rings is 1. The van der Waals surface area contributed by atoms with Crippen molar-refractivity contribution in [3.05, 3.63) is 46.2 Å². The number of rotatable bonds is 5. The molecule has 0 bridgehead atoms. The lowest BCUT2D eigenvalue weighted by Crippen LogP contribution is -2.41. The van der Waals surface area contributed by atoms with Crippen LogP contribution in [0.2, 0.25) is 10.0 Å². The largest absolute Gasteiger partial charge is 0.482 e. The van der Waals surface area contributed by atoms with E-state index in [1.165, 1.54) is 12.4 Å². The fraction of sp³-hybridized carbons (Fsp3) is 0.353. The summed E-state index contributed by atoms with van der Waals surface area (Å²) < 4.78 is 7.15. The molecule has 26 heavy (non-hydrogen) atoms. The van der Waals surface area contributed by atoms with Gasteiger partial charge in [-0.05, 0) is 31.0 Å². The number of carboxylic acid groups (broad SMARTS) is 1. The Morgan fingerprint density at radius 1 is 1.27 bits per heavy atom. The summed E-state index contributed by atoms with van der Waals surface area (Å²) in [5.41, 5.74) is 0.164. The first-order valence-electron chi connectivity index (χ1n) is 8.07. The molecule has 1 saturated heterocycles. The van der Waals surface area contributed by atoms with Crippen LogP contribution < -0.4 is 4.74 Å². The second-order valence-electron chi connectivity index (χ2n) is 5.99. The zero-order chi connectivity index (χ0) is 18.7. The summed E-state index contributed by atoms with van der Waals surface area (Å²) in [7, 11) is 0. The first kappa shape index (κ1) is 18.5. The van der Waals surface area contributed by atoms with Gasteiger partial charge in [0.15, 0.2) is 6.61 Å². The number of hydrogen-bond acceptors (Lipinski definition) is 4. The predicted octanol–water partition coefficient (Wildman–Crippen LogP) is 3.13. The maximum absolute atomic E-state index is 12.3. The minimum atomic E-state index is -0.998. The van der Waals surface area contributed by atoms with E-state index >= 15 is 0 Å². The molecule has 0 atom stereocenters. The number of aromatic nitrogens is 2. The van der Waals surface area contributed by atoms with Crippen LogP contribution in [0.25, 0.3) is 0 Å². The number of carbonyl (C=O) groups is 2. The molecule has 1 N–H and O–H groups in total. The number of likely N-dealkylation sites (tertiary alicyclic amines) is 1. The van der Waals surface area contributed by atoms with E-state index in [-0.39, 0.29) is 24.1 Å². The molecule has 0 radical (unpaired) electrons. The van der Waals surface area contributed by atoms with Crippen molar-refractivity contribution >= 4 is 35.1 Å².